The number of H-pyrrole nitrogens is 1. The van der Waals surface area contributed by atoms with Gasteiger partial charge in [-0.1, -0.05) is 0 Å². The maximum atomic E-state index is 13.2. The summed E-state index contributed by atoms with van der Waals surface area (Å²) >= 11 is 0. The van der Waals surface area contributed by atoms with Crippen LogP contribution in [0.25, 0.3) is 10.9 Å². The van der Waals surface area contributed by atoms with Crippen molar-refractivity contribution >= 4 is 22.7 Å². The van der Waals surface area contributed by atoms with Gasteiger partial charge in [-0.2, -0.15) is 0 Å². The number of piperidine rings is 1. The van der Waals surface area contributed by atoms with Crippen molar-refractivity contribution in [3.63, 3.8) is 0 Å². The fourth-order valence-electron chi connectivity index (χ4n) is 3.94. The highest BCUT2D eigenvalue weighted by Gasteiger charge is 2.48. The number of carbonyl (C=O) groups excluding carboxylic acids is 2. The first-order chi connectivity index (χ1) is 11.6. The van der Waals surface area contributed by atoms with Crippen molar-refractivity contribution in [2.24, 2.45) is 0 Å². The molecule has 1 aromatic heterocycles. The normalized spacial score (nSPS) is 22.2. The van der Waals surface area contributed by atoms with Crippen LogP contribution < -0.4 is 10.6 Å². The van der Waals surface area contributed by atoms with E-state index in [1.165, 1.54) is 12.1 Å². The molecule has 1 atom stereocenters. The number of hydrogen-bond acceptors (Lipinski definition) is 2. The average Bonchev–Trinajstić information content (AvgIpc) is 2.89. The van der Waals surface area contributed by atoms with E-state index in [0.717, 1.165) is 30.2 Å². The topological polar surface area (TPSA) is 74.0 Å². The van der Waals surface area contributed by atoms with Crippen molar-refractivity contribution in [2.75, 3.05) is 0 Å². The van der Waals surface area contributed by atoms with Crippen molar-refractivity contribution in [1.82, 2.24) is 15.6 Å². The first kappa shape index (κ1) is 15.2. The van der Waals surface area contributed by atoms with E-state index in [4.69, 9.17) is 0 Å². The standard InChI is InChI=1S/C18H20FN3O2/c19-12-2-3-13-11(10-20-14(13)9-12)8-17(24)21-15-4-5-16(23)22-18(15)6-1-7-18/h2-3,9-10,15,20H,1,4-8H2,(H,21,24)(H,22,23). The lowest BCUT2D eigenvalue weighted by molar-refractivity contribution is -0.131. The molecule has 1 aliphatic carbocycles. The van der Waals surface area contributed by atoms with Gasteiger partial charge in [0.05, 0.1) is 18.0 Å². The molecule has 2 heterocycles. The summed E-state index contributed by atoms with van der Waals surface area (Å²) in [4.78, 5) is 27.2. The van der Waals surface area contributed by atoms with Gasteiger partial charge in [-0.15, -0.1) is 0 Å². The highest BCUT2D eigenvalue weighted by atomic mass is 19.1. The highest BCUT2D eigenvalue weighted by Crippen LogP contribution is 2.38. The first-order valence-electron chi connectivity index (χ1n) is 8.42. The van der Waals surface area contributed by atoms with E-state index >= 15 is 0 Å². The second kappa shape index (κ2) is 5.61. The van der Waals surface area contributed by atoms with Crippen LogP contribution in [-0.2, 0) is 16.0 Å². The van der Waals surface area contributed by atoms with Crippen LogP contribution in [0.4, 0.5) is 4.39 Å². The van der Waals surface area contributed by atoms with Crippen molar-refractivity contribution in [3.8, 4) is 0 Å². The van der Waals surface area contributed by atoms with E-state index in [0.29, 0.717) is 18.4 Å². The minimum Gasteiger partial charge on any atom is -0.361 e. The zero-order valence-corrected chi connectivity index (χ0v) is 13.3. The third-order valence-corrected chi connectivity index (χ3v) is 5.38. The van der Waals surface area contributed by atoms with Crippen molar-refractivity contribution in [3.05, 3.63) is 35.8 Å². The maximum absolute atomic E-state index is 13.2. The summed E-state index contributed by atoms with van der Waals surface area (Å²) < 4.78 is 13.2. The molecule has 1 saturated carbocycles. The molecule has 126 valence electrons. The van der Waals surface area contributed by atoms with Gasteiger partial charge in [-0.05, 0) is 49.4 Å². The predicted octanol–water partition coefficient (Wildman–Crippen LogP) is 2.17. The van der Waals surface area contributed by atoms with Gasteiger partial charge in [-0.3, -0.25) is 9.59 Å². The number of rotatable bonds is 3. The second-order valence-electron chi connectivity index (χ2n) is 6.90. The van der Waals surface area contributed by atoms with Crippen LogP contribution >= 0.6 is 0 Å². The van der Waals surface area contributed by atoms with Crippen molar-refractivity contribution in [1.29, 1.82) is 0 Å². The fourth-order valence-corrected chi connectivity index (χ4v) is 3.94. The summed E-state index contributed by atoms with van der Waals surface area (Å²) in [6, 6.07) is 4.52. The minimum absolute atomic E-state index is 0.000833. The van der Waals surface area contributed by atoms with Crippen LogP contribution in [-0.4, -0.2) is 28.4 Å². The quantitative estimate of drug-likeness (QED) is 0.807. The van der Waals surface area contributed by atoms with E-state index in [9.17, 15) is 14.0 Å². The zero-order valence-electron chi connectivity index (χ0n) is 13.3. The molecule has 5 nitrogen and oxygen atoms in total. The molecule has 2 amide bonds. The van der Waals surface area contributed by atoms with Gasteiger partial charge >= 0.3 is 0 Å². The van der Waals surface area contributed by atoms with Gasteiger partial charge in [0.2, 0.25) is 11.8 Å². The number of aromatic nitrogens is 1. The van der Waals surface area contributed by atoms with Gasteiger partial charge in [0, 0.05) is 23.5 Å². The number of aromatic amines is 1. The largest absolute Gasteiger partial charge is 0.361 e. The molecule has 1 spiro atoms. The Morgan fingerprint density at radius 2 is 2.21 bits per heavy atom. The summed E-state index contributed by atoms with van der Waals surface area (Å²) in [5.74, 6) is -0.281. The Kier molecular flexibility index (Phi) is 3.55. The van der Waals surface area contributed by atoms with Crippen LogP contribution in [0.3, 0.4) is 0 Å². The average molecular weight is 329 g/mol. The molecule has 3 N–H and O–H groups in total. The smallest absolute Gasteiger partial charge is 0.224 e. The molecule has 2 aromatic rings. The molecule has 0 radical (unpaired) electrons. The van der Waals surface area contributed by atoms with Crippen LogP contribution in [0, 0.1) is 5.82 Å². The summed E-state index contributed by atoms with van der Waals surface area (Å²) in [7, 11) is 0. The van der Waals surface area contributed by atoms with Crippen LogP contribution in [0.2, 0.25) is 0 Å². The van der Waals surface area contributed by atoms with Crippen molar-refractivity contribution < 1.29 is 14.0 Å². The lowest BCUT2D eigenvalue weighted by atomic mass is 9.68. The van der Waals surface area contributed by atoms with Crippen LogP contribution in [0.1, 0.15) is 37.7 Å². The summed E-state index contributed by atoms with van der Waals surface area (Å²) in [5.41, 5.74) is 1.30. The SMILES string of the molecule is O=C(Cc1c[nH]c2cc(F)ccc12)NC1CCC(=O)NC12CCC2. The number of fused-ring (bicyclic) bond motifs is 1. The van der Waals surface area contributed by atoms with Gasteiger partial charge in [0.15, 0.2) is 0 Å². The van der Waals surface area contributed by atoms with Crippen LogP contribution in [0.15, 0.2) is 24.4 Å². The Labute approximate surface area is 139 Å². The number of halogens is 1. The minimum atomic E-state index is -0.301. The lowest BCUT2D eigenvalue weighted by Gasteiger charge is -2.51. The van der Waals surface area contributed by atoms with E-state index in [2.05, 4.69) is 15.6 Å². The maximum Gasteiger partial charge on any atom is 0.224 e. The number of nitrogens with one attached hydrogen (secondary N) is 3. The number of carbonyl (C=O) groups is 2. The number of hydrogen-bond donors (Lipinski definition) is 3. The Hall–Kier alpha value is -2.37. The zero-order chi connectivity index (χ0) is 16.7. The van der Waals surface area contributed by atoms with E-state index in [1.807, 2.05) is 0 Å². The van der Waals surface area contributed by atoms with Gasteiger partial charge in [0.1, 0.15) is 5.82 Å². The van der Waals surface area contributed by atoms with Gasteiger partial charge in [0.25, 0.3) is 0 Å². The molecular weight excluding hydrogens is 309 g/mol. The van der Waals surface area contributed by atoms with E-state index < -0.39 is 0 Å². The Bertz CT molecular complexity index is 810. The van der Waals surface area contributed by atoms with Crippen LogP contribution in [0.5, 0.6) is 0 Å². The second-order valence-corrected chi connectivity index (χ2v) is 6.90. The van der Waals surface area contributed by atoms with Crippen molar-refractivity contribution in [2.45, 2.75) is 50.1 Å². The Morgan fingerprint density at radius 1 is 1.38 bits per heavy atom. The van der Waals surface area contributed by atoms with Gasteiger partial charge in [-0.25, -0.2) is 4.39 Å². The molecule has 1 aromatic carbocycles. The lowest BCUT2D eigenvalue weighted by Crippen LogP contribution is -2.68. The third kappa shape index (κ3) is 2.56. The summed E-state index contributed by atoms with van der Waals surface area (Å²) in [5, 5.41) is 7.05. The molecule has 4 rings (SSSR count). The molecule has 2 fully saturated rings. The molecule has 6 heteroatoms. The Balaban J connectivity index is 1.47. The molecule has 24 heavy (non-hydrogen) atoms. The van der Waals surface area contributed by atoms with E-state index in [-0.39, 0.29) is 35.6 Å². The number of amides is 2. The molecule has 0 bridgehead atoms. The van der Waals surface area contributed by atoms with E-state index in [1.54, 1.807) is 12.3 Å². The monoisotopic (exact) mass is 329 g/mol. The number of benzene rings is 1. The van der Waals surface area contributed by atoms with Gasteiger partial charge < -0.3 is 15.6 Å². The summed E-state index contributed by atoms with van der Waals surface area (Å²) in [6.45, 7) is 0. The Morgan fingerprint density at radius 3 is 2.96 bits per heavy atom. The summed E-state index contributed by atoms with van der Waals surface area (Å²) in [6.07, 6.45) is 6.08. The highest BCUT2D eigenvalue weighted by molar-refractivity contribution is 5.89. The molecular formula is C18H20FN3O2. The molecule has 2 aliphatic rings. The molecule has 1 saturated heterocycles. The third-order valence-electron chi connectivity index (χ3n) is 5.38. The fraction of sp³-hybridized carbons (Fsp3) is 0.444. The predicted molar refractivity (Wildman–Crippen MR) is 87.9 cm³/mol. The molecule has 1 aliphatic heterocycles. The first-order valence-corrected chi connectivity index (χ1v) is 8.42. The molecule has 1 unspecified atom stereocenters.